The molecule has 2 rings (SSSR count). The summed E-state index contributed by atoms with van der Waals surface area (Å²) in [5.74, 6) is -5.54. The van der Waals surface area contributed by atoms with E-state index in [0.717, 1.165) is 18.2 Å². The molecule has 2 atom stereocenters. The highest BCUT2D eigenvalue weighted by molar-refractivity contribution is 7.89. The van der Waals surface area contributed by atoms with Gasteiger partial charge in [-0.25, -0.2) is 17.2 Å². The number of carbonyl (C=O) groups is 2. The molecule has 0 aromatic heterocycles. The number of nitrogens with zero attached hydrogens (tertiary/aromatic N) is 1. The molecule has 2 amide bonds. The van der Waals surface area contributed by atoms with Gasteiger partial charge in [0.1, 0.15) is 23.7 Å². The molecule has 0 aliphatic heterocycles. The molecule has 0 aliphatic carbocycles. The molecule has 0 saturated heterocycles. The van der Waals surface area contributed by atoms with E-state index in [1.165, 1.54) is 0 Å². The minimum Gasteiger partial charge on any atom is -0.369 e. The number of guanidine groups is 1. The van der Waals surface area contributed by atoms with Crippen molar-refractivity contribution in [2.75, 3.05) is 0 Å². The zero-order chi connectivity index (χ0) is 25.5. The van der Waals surface area contributed by atoms with Crippen LogP contribution in [0.1, 0.15) is 25.3 Å². The smallest absolute Gasteiger partial charge is 0.266 e. The van der Waals surface area contributed by atoms with Crippen LogP contribution in [-0.2, 0) is 26.0 Å². The van der Waals surface area contributed by atoms with Crippen LogP contribution in [-0.4, -0.2) is 42.7 Å². The van der Waals surface area contributed by atoms with Crippen LogP contribution in [0.3, 0.4) is 0 Å². The van der Waals surface area contributed by atoms with E-state index in [1.807, 2.05) is 5.43 Å². The molecule has 0 fully saturated rings. The molecule has 10 nitrogen and oxygen atoms in total. The highest BCUT2D eigenvalue weighted by atomic mass is 32.2. The molecule has 0 unspecified atom stereocenters. The molecule has 0 radical (unpaired) electrons. The van der Waals surface area contributed by atoms with Gasteiger partial charge in [0.15, 0.2) is 4.90 Å². The van der Waals surface area contributed by atoms with Crippen LogP contribution in [0, 0.1) is 17.0 Å². The summed E-state index contributed by atoms with van der Waals surface area (Å²) in [7, 11) is -5.06. The number of benzene rings is 2. The first-order valence-corrected chi connectivity index (χ1v) is 11.7. The molecule has 7 N–H and O–H groups in total. The average Bonchev–Trinajstić information content (AvgIpc) is 2.75. The topological polar surface area (TPSA) is 171 Å². The van der Waals surface area contributed by atoms with Gasteiger partial charge in [0.2, 0.25) is 17.8 Å². The van der Waals surface area contributed by atoms with E-state index < -0.39 is 56.4 Å². The van der Waals surface area contributed by atoms with Crippen LogP contribution >= 0.6 is 0 Å². The number of hydrogen-bond donors (Lipinski definition) is 5. The Morgan fingerprint density at radius 2 is 1.65 bits per heavy atom. The zero-order valence-corrected chi connectivity index (χ0v) is 19.1. The molecule has 0 aliphatic rings. The Labute approximate surface area is 195 Å². The lowest BCUT2D eigenvalue weighted by Gasteiger charge is -2.31. The first kappa shape index (κ1) is 26.7. The third kappa shape index (κ3) is 6.48. The summed E-state index contributed by atoms with van der Waals surface area (Å²) < 4.78 is 55.3. The molecule has 2 aromatic rings. The molecule has 34 heavy (non-hydrogen) atoms. The maximum atomic E-state index is 14.3. The maximum Gasteiger partial charge on any atom is 0.266 e. The second-order valence-electron chi connectivity index (χ2n) is 7.33. The summed E-state index contributed by atoms with van der Waals surface area (Å²) in [6, 6.07) is 8.24. The molecule has 184 valence electrons. The minimum atomic E-state index is -5.06. The Morgan fingerprint density at radius 1 is 1.06 bits per heavy atom. The first-order chi connectivity index (χ1) is 16.0. The zero-order valence-electron chi connectivity index (χ0n) is 18.3. The molecular weight excluding hydrogens is 470 g/mol. The van der Waals surface area contributed by atoms with E-state index in [-0.39, 0.29) is 23.7 Å². The molecular formula is C21H26F2N6O4S. The van der Waals surface area contributed by atoms with Crippen LogP contribution in [0.2, 0.25) is 0 Å². The number of halogens is 2. The Morgan fingerprint density at radius 3 is 2.15 bits per heavy atom. The average molecular weight is 497 g/mol. The lowest BCUT2D eigenvalue weighted by atomic mass is 10.0. The largest absolute Gasteiger partial charge is 0.369 e. The van der Waals surface area contributed by atoms with E-state index in [1.54, 1.807) is 37.3 Å². The Bertz CT molecular complexity index is 1130. The van der Waals surface area contributed by atoms with E-state index in [4.69, 9.17) is 16.9 Å². The van der Waals surface area contributed by atoms with Crippen molar-refractivity contribution < 1.29 is 26.8 Å². The van der Waals surface area contributed by atoms with Gasteiger partial charge in [-0.3, -0.25) is 20.4 Å². The summed E-state index contributed by atoms with van der Waals surface area (Å²) in [5, 5.41) is 9.86. The third-order valence-electron chi connectivity index (χ3n) is 4.76. The predicted octanol–water partition coefficient (Wildman–Crippen LogP) is 0.735. The molecule has 2 aromatic carbocycles. The number of hydrazine groups is 1. The lowest BCUT2D eigenvalue weighted by molar-refractivity contribution is -0.130. The van der Waals surface area contributed by atoms with E-state index in [9.17, 15) is 26.8 Å². The molecule has 0 saturated carbocycles. The van der Waals surface area contributed by atoms with Crippen LogP contribution in [0.5, 0.6) is 0 Å². The van der Waals surface area contributed by atoms with Crippen molar-refractivity contribution in [2.45, 2.75) is 43.2 Å². The number of nitrogens with one attached hydrogen (secondary N) is 3. The number of carbonyl (C=O) groups excluding carboxylic acids is 2. The first-order valence-electron chi connectivity index (χ1n) is 10.2. The van der Waals surface area contributed by atoms with Gasteiger partial charge in [0.25, 0.3) is 10.0 Å². The Kier molecular flexibility index (Phi) is 9.04. The normalized spacial score (nSPS) is 13.2. The number of nitrogens with two attached hydrogens (primary N) is 2. The van der Waals surface area contributed by atoms with Gasteiger partial charge in [0, 0.05) is 6.42 Å². The van der Waals surface area contributed by atoms with Gasteiger partial charge in [-0.1, -0.05) is 54.2 Å². The van der Waals surface area contributed by atoms with Gasteiger partial charge in [-0.2, -0.15) is 0 Å². The number of rotatable bonds is 11. The van der Waals surface area contributed by atoms with E-state index in [2.05, 4.69) is 5.32 Å². The van der Waals surface area contributed by atoms with Crippen molar-refractivity contribution in [3.63, 3.8) is 0 Å². The van der Waals surface area contributed by atoms with Gasteiger partial charge >= 0.3 is 0 Å². The molecule has 0 spiro atoms. The van der Waals surface area contributed by atoms with Gasteiger partial charge < -0.3 is 16.8 Å². The minimum absolute atomic E-state index is 0.0234. The summed E-state index contributed by atoms with van der Waals surface area (Å²) in [6.07, 6.45) is 0.136. The Balaban J connectivity index is 2.46. The summed E-state index contributed by atoms with van der Waals surface area (Å²) in [4.78, 5) is 23.8. The van der Waals surface area contributed by atoms with Crippen LogP contribution in [0.4, 0.5) is 8.78 Å². The standard InChI is InChI=1S/C21H26F2N6O4S/c1-2-7-17(20(31)27-16(19(24)30)12-13-8-4-3-5-9-13)29(28-21(25)26)34(32,33)18-14(22)10-6-11-15(18)23/h3-6,8-11,16-17H,2,7,12H2,1H3,(H2,24,30)(H,27,31)(H4,25,26,28)/t16-,17-/m0/s1. The molecule has 13 heteroatoms. The number of sulfonamides is 1. The van der Waals surface area contributed by atoms with Gasteiger partial charge in [-0.15, -0.1) is 0 Å². The summed E-state index contributed by atoms with van der Waals surface area (Å²) in [5.41, 5.74) is 13.4. The van der Waals surface area contributed by atoms with E-state index >= 15 is 0 Å². The van der Waals surface area contributed by atoms with Crippen molar-refractivity contribution in [3.05, 3.63) is 65.7 Å². The van der Waals surface area contributed by atoms with E-state index in [0.29, 0.717) is 5.56 Å². The number of hydrogen-bond acceptors (Lipinski definition) is 5. The fourth-order valence-electron chi connectivity index (χ4n) is 3.22. The summed E-state index contributed by atoms with van der Waals surface area (Å²) in [6.45, 7) is 1.64. The predicted molar refractivity (Wildman–Crippen MR) is 120 cm³/mol. The van der Waals surface area contributed by atoms with Gasteiger partial charge in [0.05, 0.1) is 0 Å². The molecule has 0 bridgehead atoms. The quantitative estimate of drug-likeness (QED) is 0.174. The van der Waals surface area contributed by atoms with Crippen LogP contribution in [0.25, 0.3) is 0 Å². The highest BCUT2D eigenvalue weighted by Crippen LogP contribution is 2.24. The molecule has 0 heterocycles. The monoisotopic (exact) mass is 496 g/mol. The second-order valence-corrected chi connectivity index (χ2v) is 9.09. The second kappa shape index (κ2) is 11.5. The van der Waals surface area contributed by atoms with Crippen molar-refractivity contribution in [1.82, 2.24) is 15.2 Å². The maximum absolute atomic E-state index is 14.3. The number of amides is 2. The van der Waals surface area contributed by atoms with Crippen LogP contribution in [0.15, 0.2) is 53.4 Å². The third-order valence-corrected chi connectivity index (χ3v) is 6.53. The van der Waals surface area contributed by atoms with Crippen molar-refractivity contribution >= 4 is 27.8 Å². The summed E-state index contributed by atoms with van der Waals surface area (Å²) >= 11 is 0. The Hall–Kier alpha value is -3.58. The van der Waals surface area contributed by atoms with Crippen molar-refractivity contribution in [2.24, 2.45) is 11.5 Å². The van der Waals surface area contributed by atoms with Crippen molar-refractivity contribution in [3.8, 4) is 0 Å². The fourth-order valence-corrected chi connectivity index (χ4v) is 4.80. The number of primary amides is 1. The SMILES string of the molecule is CCC[C@@H](C(=O)N[C@@H](Cc1ccccc1)C(N)=O)N(NC(=N)N)S(=O)(=O)c1c(F)cccc1F. The van der Waals surface area contributed by atoms with Crippen molar-refractivity contribution in [1.29, 1.82) is 5.41 Å². The highest BCUT2D eigenvalue weighted by Gasteiger charge is 2.40. The van der Waals surface area contributed by atoms with Crippen LogP contribution < -0.4 is 22.2 Å². The fraction of sp³-hybridized carbons (Fsp3) is 0.286. The van der Waals surface area contributed by atoms with Gasteiger partial charge in [-0.05, 0) is 24.1 Å². The lowest BCUT2D eigenvalue weighted by Crippen LogP contribution is -2.60.